The number of hydrogen-bond acceptors (Lipinski definition) is 3. The van der Waals surface area contributed by atoms with Crippen LogP contribution in [-0.2, 0) is 9.53 Å². The first-order valence-electron chi connectivity index (χ1n) is 8.35. The van der Waals surface area contributed by atoms with Crippen molar-refractivity contribution in [2.24, 2.45) is 5.92 Å². The van der Waals surface area contributed by atoms with Crippen molar-refractivity contribution >= 4 is 5.91 Å². The Bertz CT molecular complexity index is 335. The Labute approximate surface area is 122 Å². The number of carbonyl (C=O) groups excluding carboxylic acids is 1. The molecule has 1 N–H and O–H groups in total. The normalized spacial score (nSPS) is 32.4. The molecular weight excluding hydrogens is 252 g/mol. The van der Waals surface area contributed by atoms with Gasteiger partial charge in [0.1, 0.15) is 0 Å². The quantitative estimate of drug-likeness (QED) is 0.855. The van der Waals surface area contributed by atoms with Crippen LogP contribution in [0.25, 0.3) is 0 Å². The Kier molecular flexibility index (Phi) is 4.61. The van der Waals surface area contributed by atoms with Gasteiger partial charge in [0.15, 0.2) is 0 Å². The Balaban J connectivity index is 1.44. The van der Waals surface area contributed by atoms with E-state index in [0.717, 1.165) is 38.8 Å². The van der Waals surface area contributed by atoms with E-state index in [-0.39, 0.29) is 0 Å². The molecule has 4 nitrogen and oxygen atoms in total. The summed E-state index contributed by atoms with van der Waals surface area (Å²) in [6, 6.07) is 1.09. The molecule has 20 heavy (non-hydrogen) atoms. The van der Waals surface area contributed by atoms with E-state index in [1.807, 2.05) is 7.11 Å². The number of carbonyl (C=O) groups is 1. The molecule has 1 aliphatic heterocycles. The highest BCUT2D eigenvalue weighted by Crippen LogP contribution is 2.32. The van der Waals surface area contributed by atoms with Gasteiger partial charge in [0, 0.05) is 38.2 Å². The first kappa shape index (κ1) is 14.3. The number of amides is 1. The van der Waals surface area contributed by atoms with Crippen molar-refractivity contribution in [3.8, 4) is 0 Å². The molecule has 1 saturated heterocycles. The fraction of sp³-hybridized carbons (Fsp3) is 0.938. The maximum Gasteiger partial charge on any atom is 0.225 e. The zero-order valence-electron chi connectivity index (χ0n) is 12.6. The summed E-state index contributed by atoms with van der Waals surface area (Å²) >= 11 is 0. The highest BCUT2D eigenvalue weighted by Gasteiger charge is 2.35. The molecule has 1 heterocycles. The van der Waals surface area contributed by atoms with Crippen molar-refractivity contribution in [1.82, 2.24) is 10.2 Å². The van der Waals surface area contributed by atoms with E-state index in [1.165, 1.54) is 25.7 Å². The number of nitrogens with zero attached hydrogens (tertiary/aromatic N) is 1. The Morgan fingerprint density at radius 1 is 1.05 bits per heavy atom. The van der Waals surface area contributed by atoms with Crippen molar-refractivity contribution in [3.63, 3.8) is 0 Å². The van der Waals surface area contributed by atoms with Crippen LogP contribution in [0.3, 0.4) is 0 Å². The third-order valence-corrected chi connectivity index (χ3v) is 5.19. The van der Waals surface area contributed by atoms with Crippen LogP contribution in [0.4, 0.5) is 0 Å². The van der Waals surface area contributed by atoms with Crippen molar-refractivity contribution in [2.75, 3.05) is 20.2 Å². The number of likely N-dealkylation sites (tertiary alicyclic amines) is 1. The monoisotopic (exact) mass is 280 g/mol. The molecule has 1 amide bonds. The van der Waals surface area contributed by atoms with Crippen LogP contribution >= 0.6 is 0 Å². The second-order valence-corrected chi connectivity index (χ2v) is 6.71. The molecule has 0 aromatic rings. The number of ether oxygens (including phenoxy) is 1. The fourth-order valence-electron chi connectivity index (χ4n) is 3.73. The molecule has 114 valence electrons. The van der Waals surface area contributed by atoms with Crippen LogP contribution in [0.5, 0.6) is 0 Å². The number of piperidine rings is 1. The van der Waals surface area contributed by atoms with Gasteiger partial charge >= 0.3 is 0 Å². The zero-order valence-corrected chi connectivity index (χ0v) is 12.6. The summed E-state index contributed by atoms with van der Waals surface area (Å²) in [7, 11) is 1.83. The Morgan fingerprint density at radius 3 is 2.40 bits per heavy atom. The largest absolute Gasteiger partial charge is 0.380 e. The van der Waals surface area contributed by atoms with Gasteiger partial charge in [0.2, 0.25) is 5.91 Å². The van der Waals surface area contributed by atoms with Gasteiger partial charge < -0.3 is 15.0 Å². The van der Waals surface area contributed by atoms with Crippen LogP contribution in [0, 0.1) is 5.92 Å². The Morgan fingerprint density at radius 2 is 1.75 bits per heavy atom. The second kappa shape index (κ2) is 6.44. The lowest BCUT2D eigenvalue weighted by atomic mass is 9.90. The summed E-state index contributed by atoms with van der Waals surface area (Å²) in [6.45, 7) is 1.88. The summed E-state index contributed by atoms with van der Waals surface area (Å²) < 4.78 is 5.62. The molecule has 3 fully saturated rings. The first-order valence-corrected chi connectivity index (χ1v) is 8.35. The van der Waals surface area contributed by atoms with Crippen LogP contribution < -0.4 is 5.32 Å². The minimum atomic E-state index is 0.371. The van der Waals surface area contributed by atoms with Gasteiger partial charge in [-0.05, 0) is 38.5 Å². The van der Waals surface area contributed by atoms with Crippen molar-refractivity contribution in [3.05, 3.63) is 0 Å². The lowest BCUT2D eigenvalue weighted by molar-refractivity contribution is -0.133. The van der Waals surface area contributed by atoms with Crippen molar-refractivity contribution in [1.29, 1.82) is 0 Å². The smallest absolute Gasteiger partial charge is 0.225 e. The maximum absolute atomic E-state index is 12.0. The summed E-state index contributed by atoms with van der Waals surface area (Å²) in [4.78, 5) is 14.1. The minimum absolute atomic E-state index is 0.371. The van der Waals surface area contributed by atoms with E-state index in [1.54, 1.807) is 0 Å². The molecule has 0 aromatic carbocycles. The third kappa shape index (κ3) is 3.34. The number of rotatable bonds is 4. The highest BCUT2D eigenvalue weighted by atomic mass is 16.5. The van der Waals surface area contributed by atoms with E-state index in [4.69, 9.17) is 4.74 Å². The van der Waals surface area contributed by atoms with Gasteiger partial charge in [0.05, 0.1) is 6.10 Å². The minimum Gasteiger partial charge on any atom is -0.380 e. The van der Waals surface area contributed by atoms with Gasteiger partial charge in [-0.3, -0.25) is 4.79 Å². The average molecular weight is 280 g/mol. The predicted molar refractivity (Wildman–Crippen MR) is 78.5 cm³/mol. The summed E-state index contributed by atoms with van der Waals surface area (Å²) in [5.41, 5.74) is 0. The molecule has 2 unspecified atom stereocenters. The van der Waals surface area contributed by atoms with Crippen LogP contribution in [-0.4, -0.2) is 49.2 Å². The summed E-state index contributed by atoms with van der Waals surface area (Å²) in [5, 5.41) is 3.80. The van der Waals surface area contributed by atoms with Gasteiger partial charge in [0.25, 0.3) is 0 Å². The molecular formula is C16H28N2O2. The van der Waals surface area contributed by atoms with Crippen LogP contribution in [0.2, 0.25) is 0 Å². The number of nitrogens with one attached hydrogen (secondary N) is 1. The average Bonchev–Trinajstić information content (AvgIpc) is 3.32. The topological polar surface area (TPSA) is 41.6 Å². The molecule has 3 aliphatic rings. The van der Waals surface area contributed by atoms with Gasteiger partial charge in [-0.1, -0.05) is 12.8 Å². The zero-order chi connectivity index (χ0) is 13.9. The van der Waals surface area contributed by atoms with E-state index in [0.29, 0.717) is 30.0 Å². The molecule has 0 spiro atoms. The SMILES string of the molecule is COC1CCCCC1NC1CCN(C(=O)C2CC2)CC1. The molecule has 4 heteroatoms. The van der Waals surface area contributed by atoms with E-state index in [2.05, 4.69) is 10.2 Å². The van der Waals surface area contributed by atoms with Crippen LogP contribution in [0.1, 0.15) is 51.4 Å². The van der Waals surface area contributed by atoms with Crippen molar-refractivity contribution in [2.45, 2.75) is 69.6 Å². The van der Waals surface area contributed by atoms with E-state index >= 15 is 0 Å². The van der Waals surface area contributed by atoms with Crippen LogP contribution in [0.15, 0.2) is 0 Å². The van der Waals surface area contributed by atoms with Gasteiger partial charge in [-0.25, -0.2) is 0 Å². The molecule has 0 bridgehead atoms. The molecule has 2 aliphatic carbocycles. The first-order chi connectivity index (χ1) is 9.78. The third-order valence-electron chi connectivity index (χ3n) is 5.19. The summed E-state index contributed by atoms with van der Waals surface area (Å²) in [6.07, 6.45) is 9.86. The lowest BCUT2D eigenvalue weighted by Gasteiger charge is -2.38. The maximum atomic E-state index is 12.0. The van der Waals surface area contributed by atoms with Gasteiger partial charge in [-0.2, -0.15) is 0 Å². The van der Waals surface area contributed by atoms with Gasteiger partial charge in [-0.15, -0.1) is 0 Å². The summed E-state index contributed by atoms with van der Waals surface area (Å²) in [5.74, 6) is 0.784. The molecule has 2 saturated carbocycles. The molecule has 2 atom stereocenters. The van der Waals surface area contributed by atoms with E-state index < -0.39 is 0 Å². The molecule has 0 aromatic heterocycles. The van der Waals surface area contributed by atoms with Crippen molar-refractivity contribution < 1.29 is 9.53 Å². The molecule has 3 rings (SSSR count). The Hall–Kier alpha value is -0.610. The fourth-order valence-corrected chi connectivity index (χ4v) is 3.73. The highest BCUT2D eigenvalue weighted by molar-refractivity contribution is 5.81. The molecule has 0 radical (unpaired) electrons. The predicted octanol–water partition coefficient (Wildman–Crippen LogP) is 1.93. The lowest BCUT2D eigenvalue weighted by Crippen LogP contribution is -2.52. The van der Waals surface area contributed by atoms with E-state index in [9.17, 15) is 4.79 Å². The number of methoxy groups -OCH3 is 1. The second-order valence-electron chi connectivity index (χ2n) is 6.71. The number of hydrogen-bond donors (Lipinski definition) is 1. The standard InChI is InChI=1S/C16H28N2O2/c1-20-15-5-3-2-4-14(15)17-13-8-10-18(11-9-13)16(19)12-6-7-12/h12-15,17H,2-11H2,1H3.